The van der Waals surface area contributed by atoms with Crippen LogP contribution in [0.3, 0.4) is 0 Å². The Hall–Kier alpha value is -8.10. The van der Waals surface area contributed by atoms with Gasteiger partial charge in [-0.05, 0) is 130 Å². The van der Waals surface area contributed by atoms with E-state index in [9.17, 15) is 0 Å². The highest BCUT2D eigenvalue weighted by Gasteiger charge is 2.46. The topological polar surface area (TPSA) is 0 Å². The van der Waals surface area contributed by atoms with Crippen LogP contribution in [-0.2, 0) is 6.42 Å². The first-order valence-electron chi connectivity index (χ1n) is 23.4. The molecule has 0 amide bonds. The van der Waals surface area contributed by atoms with Gasteiger partial charge in [-0.1, -0.05) is 261 Å². The Kier molecular flexibility index (Phi) is 11.7. The third kappa shape index (κ3) is 8.50. The Morgan fingerprint density at radius 1 is 0.254 bits per heavy atom. The molecule has 0 saturated carbocycles. The average molecular weight is 871 g/mol. The molecule has 318 valence electrons. The van der Waals surface area contributed by atoms with E-state index in [-0.39, 0.29) is 0 Å². The fraction of sp³-hybridized carbons (Fsp3) is 0.0303. The Morgan fingerprint density at radius 3 is 0.776 bits per heavy atom. The molecule has 1 heteroatoms. The third-order valence-corrected chi connectivity index (χ3v) is 18.2. The van der Waals surface area contributed by atoms with Crippen molar-refractivity contribution in [1.82, 2.24) is 0 Å². The minimum Gasteiger partial charge on any atom is -0.0801 e. The van der Waals surface area contributed by atoms with Crippen molar-refractivity contribution in [3.8, 4) is 66.8 Å². The predicted octanol–water partition coefficient (Wildman–Crippen LogP) is 15.2. The summed E-state index contributed by atoms with van der Waals surface area (Å²) in [7, 11) is -3.40. The van der Waals surface area contributed by atoms with E-state index in [1.165, 1.54) is 98.7 Å². The largest absolute Gasteiger partial charge is 0.179 e. The fourth-order valence-electron chi connectivity index (χ4n) is 10.2. The molecule has 1 aliphatic carbocycles. The second-order valence-electron chi connectivity index (χ2n) is 17.6. The number of hydrogen-bond donors (Lipinski definition) is 0. The first kappa shape index (κ1) is 41.6. The Morgan fingerprint density at radius 2 is 0.507 bits per heavy atom. The summed E-state index contributed by atoms with van der Waals surface area (Å²) in [4.78, 5) is 0. The summed E-state index contributed by atoms with van der Waals surface area (Å²) in [5.74, 6) is 0. The van der Waals surface area contributed by atoms with Gasteiger partial charge in [-0.15, -0.1) is 0 Å². The summed E-state index contributed by atoms with van der Waals surface area (Å²) in [6.45, 7) is 0. The van der Waals surface area contributed by atoms with Crippen molar-refractivity contribution in [2.45, 2.75) is 12.8 Å². The van der Waals surface area contributed by atoms with Crippen molar-refractivity contribution in [2.75, 3.05) is 0 Å². The first-order valence-corrected chi connectivity index (χ1v) is 25.4. The Bertz CT molecular complexity index is 2860. The van der Waals surface area contributed by atoms with E-state index in [2.05, 4.69) is 279 Å². The van der Waals surface area contributed by atoms with Crippen LogP contribution in [-0.4, -0.2) is 8.07 Å². The highest BCUT2D eigenvalue weighted by molar-refractivity contribution is 7.17. The molecule has 10 aromatic carbocycles. The van der Waals surface area contributed by atoms with Crippen LogP contribution in [0.15, 0.2) is 290 Å². The molecule has 0 unspecified atom stereocenters. The van der Waals surface area contributed by atoms with E-state index in [1.54, 1.807) is 0 Å². The van der Waals surface area contributed by atoms with Gasteiger partial charge in [0.2, 0.25) is 0 Å². The molecule has 0 nitrogen and oxygen atoms in total. The normalized spacial score (nSPS) is 12.4. The third-order valence-electron chi connectivity index (χ3n) is 13.4. The van der Waals surface area contributed by atoms with Crippen LogP contribution in [0.25, 0.3) is 66.8 Å². The summed E-state index contributed by atoms with van der Waals surface area (Å²) in [5, 5.41) is 5.52. The molecule has 11 rings (SSSR count). The second kappa shape index (κ2) is 18.8. The molecule has 10 aromatic rings. The van der Waals surface area contributed by atoms with Crippen LogP contribution in [0, 0.1) is 0 Å². The Balaban J connectivity index is 1.33. The molecule has 0 atom stereocenters. The standard InChI is InChI=1S/C66H50Si/c1-8-23-49(24-9-1)39-56-37-22-38-66(56)67(63-43-57(50-25-10-2-11-26-50)40-58(44-63)51-27-12-3-13-28-51,64-45-59(52-29-14-4-15-30-52)41-60(46-64)53-31-16-5-17-32-53)65-47-61(54-33-18-6-19-34-54)42-62(48-65)55-35-20-7-21-36-55/h1-21,23-38,40-48H,22,39H2. The maximum atomic E-state index is 2.59. The summed E-state index contributed by atoms with van der Waals surface area (Å²) >= 11 is 0. The van der Waals surface area contributed by atoms with Crippen LogP contribution in [0.2, 0.25) is 0 Å². The smallest absolute Gasteiger partial charge is 0.0801 e. The summed E-state index contributed by atoms with van der Waals surface area (Å²) in [6.07, 6.45) is 6.83. The van der Waals surface area contributed by atoms with Gasteiger partial charge >= 0.3 is 0 Å². The fourth-order valence-corrected chi connectivity index (χ4v) is 15.5. The average Bonchev–Trinajstić information content (AvgIpc) is 3.88. The predicted molar refractivity (Wildman–Crippen MR) is 288 cm³/mol. The van der Waals surface area contributed by atoms with E-state index in [1.807, 2.05) is 0 Å². The molecular formula is C66H50Si. The van der Waals surface area contributed by atoms with Crippen molar-refractivity contribution in [3.63, 3.8) is 0 Å². The molecule has 0 spiro atoms. The van der Waals surface area contributed by atoms with Gasteiger partial charge in [0.15, 0.2) is 8.07 Å². The molecule has 0 saturated heterocycles. The molecule has 0 heterocycles. The minimum atomic E-state index is -3.40. The van der Waals surface area contributed by atoms with Crippen molar-refractivity contribution in [3.05, 3.63) is 295 Å². The van der Waals surface area contributed by atoms with Gasteiger partial charge in [0.05, 0.1) is 0 Å². The van der Waals surface area contributed by atoms with Gasteiger partial charge in [-0.2, -0.15) is 0 Å². The summed E-state index contributed by atoms with van der Waals surface area (Å²) in [5.41, 5.74) is 17.2. The lowest BCUT2D eigenvalue weighted by Crippen LogP contribution is -2.69. The van der Waals surface area contributed by atoms with Crippen LogP contribution < -0.4 is 15.6 Å². The summed E-state index contributed by atoms with van der Waals surface area (Å²) < 4.78 is 0. The highest BCUT2D eigenvalue weighted by Crippen LogP contribution is 2.38. The number of allylic oxidation sites excluding steroid dienone is 4. The van der Waals surface area contributed by atoms with E-state index in [0.717, 1.165) is 12.8 Å². The van der Waals surface area contributed by atoms with Gasteiger partial charge < -0.3 is 0 Å². The van der Waals surface area contributed by atoms with E-state index in [0.29, 0.717) is 0 Å². The van der Waals surface area contributed by atoms with Gasteiger partial charge in [0, 0.05) is 0 Å². The second-order valence-corrected chi connectivity index (χ2v) is 21.4. The quantitative estimate of drug-likeness (QED) is 0.0848. The van der Waals surface area contributed by atoms with Crippen LogP contribution >= 0.6 is 0 Å². The van der Waals surface area contributed by atoms with Gasteiger partial charge in [-0.3, -0.25) is 0 Å². The summed E-state index contributed by atoms with van der Waals surface area (Å²) in [6, 6.07) is 99.5. The van der Waals surface area contributed by atoms with E-state index >= 15 is 0 Å². The maximum Gasteiger partial charge on any atom is 0.179 e. The molecule has 0 aromatic heterocycles. The number of benzene rings is 10. The molecule has 0 radical (unpaired) electrons. The van der Waals surface area contributed by atoms with Crippen molar-refractivity contribution >= 4 is 23.6 Å². The number of rotatable bonds is 12. The molecule has 1 aliphatic rings. The monoisotopic (exact) mass is 870 g/mol. The zero-order chi connectivity index (χ0) is 44.8. The lowest BCUT2D eigenvalue weighted by molar-refractivity contribution is 1.19. The van der Waals surface area contributed by atoms with Gasteiger partial charge in [0.25, 0.3) is 0 Å². The molecular weight excluding hydrogens is 821 g/mol. The van der Waals surface area contributed by atoms with Gasteiger partial charge in [0.1, 0.15) is 0 Å². The highest BCUT2D eigenvalue weighted by atomic mass is 28.3. The lowest BCUT2D eigenvalue weighted by atomic mass is 9.98. The zero-order valence-corrected chi connectivity index (χ0v) is 38.5. The zero-order valence-electron chi connectivity index (χ0n) is 37.5. The lowest BCUT2D eigenvalue weighted by Gasteiger charge is -2.38. The van der Waals surface area contributed by atoms with Gasteiger partial charge in [-0.25, -0.2) is 0 Å². The maximum absolute atomic E-state index is 3.40. The van der Waals surface area contributed by atoms with Crippen molar-refractivity contribution < 1.29 is 0 Å². The SMILES string of the molecule is C1=C(Cc2ccccc2)C([Si](c2cc(-c3ccccc3)cc(-c3ccccc3)c2)(c2cc(-c3ccccc3)cc(-c3ccccc3)c2)c2cc(-c3ccccc3)cc(-c3ccccc3)c2)=CC1. The van der Waals surface area contributed by atoms with E-state index < -0.39 is 8.07 Å². The molecule has 0 fully saturated rings. The first-order chi connectivity index (χ1) is 33.2. The number of hydrogen-bond acceptors (Lipinski definition) is 0. The molecule has 0 aliphatic heterocycles. The molecule has 67 heavy (non-hydrogen) atoms. The van der Waals surface area contributed by atoms with E-state index in [4.69, 9.17) is 0 Å². The molecule has 0 bridgehead atoms. The Labute approximate surface area is 396 Å². The van der Waals surface area contributed by atoms with Crippen LogP contribution in [0.1, 0.15) is 12.0 Å². The molecule has 0 N–H and O–H groups in total. The van der Waals surface area contributed by atoms with Crippen LogP contribution in [0.5, 0.6) is 0 Å². The van der Waals surface area contributed by atoms with Crippen LogP contribution in [0.4, 0.5) is 0 Å². The van der Waals surface area contributed by atoms with Crippen molar-refractivity contribution in [2.24, 2.45) is 0 Å². The van der Waals surface area contributed by atoms with Crippen molar-refractivity contribution in [1.29, 1.82) is 0 Å². The minimum absolute atomic E-state index is 0.846.